The highest BCUT2D eigenvalue weighted by molar-refractivity contribution is 7.99. The second-order valence-corrected chi connectivity index (χ2v) is 8.20. The summed E-state index contributed by atoms with van der Waals surface area (Å²) >= 11 is 1.32. The number of thioether (sulfide) groups is 1. The van der Waals surface area contributed by atoms with Gasteiger partial charge >= 0.3 is 0 Å². The van der Waals surface area contributed by atoms with Crippen molar-refractivity contribution in [2.24, 2.45) is 11.7 Å². The molecular weight excluding hydrogens is 418 g/mol. The predicted molar refractivity (Wildman–Crippen MR) is 119 cm³/mol. The molecule has 0 saturated heterocycles. The number of hydrogen-bond acceptors (Lipinski definition) is 7. The molecule has 10 heteroatoms. The van der Waals surface area contributed by atoms with Gasteiger partial charge in [0, 0.05) is 19.4 Å². The number of ether oxygens (including phenoxy) is 2. The number of benzene rings is 1. The van der Waals surface area contributed by atoms with Gasteiger partial charge in [-0.15, -0.1) is 10.2 Å². The van der Waals surface area contributed by atoms with Gasteiger partial charge in [0.25, 0.3) is 0 Å². The number of primary amides is 1. The Kier molecular flexibility index (Phi) is 10.2. The van der Waals surface area contributed by atoms with Crippen molar-refractivity contribution in [3.05, 3.63) is 30.1 Å². The molecule has 0 aliphatic carbocycles. The average molecular weight is 450 g/mol. The molecule has 1 heterocycles. The second-order valence-electron chi connectivity index (χ2n) is 7.26. The zero-order valence-electron chi connectivity index (χ0n) is 18.3. The fraction of sp³-hybridized carbons (Fsp3) is 0.524. The van der Waals surface area contributed by atoms with E-state index >= 15 is 0 Å². The summed E-state index contributed by atoms with van der Waals surface area (Å²) in [5.74, 6) is 2.32. The van der Waals surface area contributed by atoms with E-state index in [2.05, 4.69) is 29.4 Å². The number of nitrogens with two attached hydrogens (primary N) is 1. The molecule has 0 unspecified atom stereocenters. The highest BCUT2D eigenvalue weighted by Gasteiger charge is 2.15. The third-order valence-corrected chi connectivity index (χ3v) is 5.06. The minimum Gasteiger partial charge on any atom is -0.494 e. The van der Waals surface area contributed by atoms with Crippen molar-refractivity contribution in [2.75, 3.05) is 25.5 Å². The van der Waals surface area contributed by atoms with Crippen LogP contribution in [-0.4, -0.2) is 52.1 Å². The Morgan fingerprint density at radius 3 is 2.45 bits per heavy atom. The van der Waals surface area contributed by atoms with Gasteiger partial charge in [-0.2, -0.15) is 0 Å². The third kappa shape index (κ3) is 8.87. The molecule has 31 heavy (non-hydrogen) atoms. The van der Waals surface area contributed by atoms with Gasteiger partial charge in [-0.3, -0.25) is 9.59 Å². The predicted octanol–water partition coefficient (Wildman–Crippen LogP) is 2.04. The van der Waals surface area contributed by atoms with Crippen LogP contribution >= 0.6 is 11.8 Å². The van der Waals surface area contributed by atoms with Gasteiger partial charge in [0.1, 0.15) is 23.9 Å². The topological polar surface area (TPSA) is 121 Å². The van der Waals surface area contributed by atoms with E-state index < -0.39 is 0 Å². The summed E-state index contributed by atoms with van der Waals surface area (Å²) in [6, 6.07) is 7.36. The zero-order chi connectivity index (χ0) is 22.6. The fourth-order valence-electron chi connectivity index (χ4n) is 2.73. The van der Waals surface area contributed by atoms with Crippen LogP contribution in [-0.2, 0) is 22.6 Å². The van der Waals surface area contributed by atoms with Crippen molar-refractivity contribution in [1.82, 2.24) is 20.1 Å². The molecule has 0 aliphatic rings. The van der Waals surface area contributed by atoms with Crippen molar-refractivity contribution >= 4 is 23.6 Å². The molecule has 3 N–H and O–H groups in total. The van der Waals surface area contributed by atoms with Crippen LogP contribution in [0.5, 0.6) is 11.5 Å². The Morgan fingerprint density at radius 2 is 1.84 bits per heavy atom. The van der Waals surface area contributed by atoms with Crippen LogP contribution in [0.4, 0.5) is 0 Å². The summed E-state index contributed by atoms with van der Waals surface area (Å²) in [4.78, 5) is 23.3. The highest BCUT2D eigenvalue weighted by atomic mass is 32.2. The maximum absolute atomic E-state index is 12.2. The lowest BCUT2D eigenvalue weighted by molar-refractivity contribution is -0.119. The molecule has 2 amide bonds. The summed E-state index contributed by atoms with van der Waals surface area (Å²) in [5, 5.41) is 11.8. The zero-order valence-corrected chi connectivity index (χ0v) is 19.1. The van der Waals surface area contributed by atoms with E-state index in [0.717, 1.165) is 11.5 Å². The SMILES string of the molecule is CCOc1ccc(OCCNC(=O)CSc2nnc(CCC(N)=O)n2CC(C)C)cc1. The Hall–Kier alpha value is -2.75. The summed E-state index contributed by atoms with van der Waals surface area (Å²) in [6.07, 6.45) is 0.653. The van der Waals surface area contributed by atoms with Crippen LogP contribution in [0.25, 0.3) is 0 Å². The van der Waals surface area contributed by atoms with Crippen molar-refractivity contribution in [3.63, 3.8) is 0 Å². The number of hydrogen-bond donors (Lipinski definition) is 2. The molecule has 9 nitrogen and oxygen atoms in total. The number of carbonyl (C=O) groups excluding carboxylic acids is 2. The summed E-state index contributed by atoms with van der Waals surface area (Å²) < 4.78 is 13.0. The van der Waals surface area contributed by atoms with Crippen molar-refractivity contribution in [2.45, 2.75) is 45.3 Å². The first-order valence-corrected chi connectivity index (χ1v) is 11.3. The summed E-state index contributed by atoms with van der Waals surface area (Å²) in [6.45, 7) is 8.20. The molecule has 0 spiro atoms. The van der Waals surface area contributed by atoms with E-state index in [1.807, 2.05) is 35.8 Å². The second kappa shape index (κ2) is 12.8. The number of rotatable bonds is 14. The molecule has 2 aromatic rings. The quantitative estimate of drug-likeness (QED) is 0.334. The standard InChI is InChI=1S/C21H31N5O4S/c1-4-29-16-5-7-17(8-6-16)30-12-11-23-20(28)14-31-21-25-24-19(10-9-18(22)27)26(21)13-15(2)3/h5-8,15H,4,9-14H2,1-3H3,(H2,22,27)(H,23,28). The lowest BCUT2D eigenvalue weighted by Crippen LogP contribution is -2.29. The molecule has 0 atom stereocenters. The van der Waals surface area contributed by atoms with Crippen LogP contribution in [0, 0.1) is 5.92 Å². The van der Waals surface area contributed by atoms with Crippen molar-refractivity contribution in [1.29, 1.82) is 0 Å². The van der Waals surface area contributed by atoms with Gasteiger partial charge in [-0.25, -0.2) is 0 Å². The highest BCUT2D eigenvalue weighted by Crippen LogP contribution is 2.20. The van der Waals surface area contributed by atoms with E-state index in [1.165, 1.54) is 11.8 Å². The Balaban J connectivity index is 1.76. The summed E-state index contributed by atoms with van der Waals surface area (Å²) in [5.41, 5.74) is 5.24. The molecule has 0 aliphatic heterocycles. The maximum Gasteiger partial charge on any atom is 0.230 e. The molecule has 0 saturated carbocycles. The number of amides is 2. The molecule has 0 fully saturated rings. The lowest BCUT2D eigenvalue weighted by Gasteiger charge is -2.12. The number of aryl methyl sites for hydroxylation is 1. The molecule has 170 valence electrons. The Morgan fingerprint density at radius 1 is 1.16 bits per heavy atom. The maximum atomic E-state index is 12.2. The van der Waals surface area contributed by atoms with Crippen molar-refractivity contribution in [3.8, 4) is 11.5 Å². The van der Waals surface area contributed by atoms with Crippen LogP contribution in [0.15, 0.2) is 29.4 Å². The van der Waals surface area contributed by atoms with Crippen LogP contribution in [0.3, 0.4) is 0 Å². The largest absolute Gasteiger partial charge is 0.494 e. The normalized spacial score (nSPS) is 10.8. The first-order valence-electron chi connectivity index (χ1n) is 10.3. The number of nitrogens with zero attached hydrogens (tertiary/aromatic N) is 3. The molecular formula is C21H31N5O4S. The van der Waals surface area contributed by atoms with Gasteiger partial charge in [0.2, 0.25) is 11.8 Å². The Labute approximate surface area is 187 Å². The van der Waals surface area contributed by atoms with Gasteiger partial charge in [-0.05, 0) is 37.1 Å². The average Bonchev–Trinajstić information content (AvgIpc) is 3.10. The fourth-order valence-corrected chi connectivity index (χ4v) is 3.53. The molecule has 0 bridgehead atoms. The van der Waals surface area contributed by atoms with E-state index in [0.29, 0.717) is 49.6 Å². The van der Waals surface area contributed by atoms with Crippen molar-refractivity contribution < 1.29 is 19.1 Å². The first-order chi connectivity index (χ1) is 14.9. The van der Waals surface area contributed by atoms with Gasteiger partial charge in [0.05, 0.1) is 18.9 Å². The van der Waals surface area contributed by atoms with Gasteiger partial charge < -0.3 is 25.1 Å². The smallest absolute Gasteiger partial charge is 0.230 e. The van der Waals surface area contributed by atoms with E-state index in [-0.39, 0.29) is 24.0 Å². The van der Waals surface area contributed by atoms with Crippen LogP contribution < -0.4 is 20.5 Å². The molecule has 0 radical (unpaired) electrons. The number of carbonyl (C=O) groups is 2. The van der Waals surface area contributed by atoms with E-state index in [4.69, 9.17) is 15.2 Å². The molecule has 1 aromatic carbocycles. The van der Waals surface area contributed by atoms with Crippen LogP contribution in [0.1, 0.15) is 33.0 Å². The van der Waals surface area contributed by atoms with Crippen LogP contribution in [0.2, 0.25) is 0 Å². The summed E-state index contributed by atoms with van der Waals surface area (Å²) in [7, 11) is 0. The van der Waals surface area contributed by atoms with E-state index in [9.17, 15) is 9.59 Å². The number of nitrogens with one attached hydrogen (secondary N) is 1. The minimum absolute atomic E-state index is 0.113. The molecule has 2 rings (SSSR count). The first kappa shape index (κ1) is 24.5. The third-order valence-electron chi connectivity index (χ3n) is 4.10. The molecule has 1 aromatic heterocycles. The number of aromatic nitrogens is 3. The monoisotopic (exact) mass is 449 g/mol. The van der Waals surface area contributed by atoms with Gasteiger partial charge in [0.15, 0.2) is 5.16 Å². The Bertz CT molecular complexity index is 839. The lowest BCUT2D eigenvalue weighted by atomic mass is 10.2. The van der Waals surface area contributed by atoms with E-state index in [1.54, 1.807) is 0 Å². The van der Waals surface area contributed by atoms with Gasteiger partial charge in [-0.1, -0.05) is 25.6 Å². The minimum atomic E-state index is -0.375.